The summed E-state index contributed by atoms with van der Waals surface area (Å²) in [4.78, 5) is 8.34. The predicted octanol–water partition coefficient (Wildman–Crippen LogP) is 3.17. The molecule has 11 nitrogen and oxygen atoms in total. The highest BCUT2D eigenvalue weighted by molar-refractivity contribution is 7.93. The average molecular weight is 523 g/mol. The second-order valence-corrected chi connectivity index (χ2v) is 10.7. The minimum atomic E-state index is -3.95. The van der Waals surface area contributed by atoms with Crippen LogP contribution in [0, 0.1) is 0 Å². The first kappa shape index (κ1) is 25.1. The number of benzene rings is 1. The van der Waals surface area contributed by atoms with E-state index in [2.05, 4.69) is 24.9 Å². The number of hydrogen-bond acceptors (Lipinski definition) is 9. The molecule has 1 aromatic carbocycles. The number of hydrogen-bond donors (Lipinski definition) is 1. The standard InChI is InChI=1S/C22H27ClN6O5S/c1-13(20-24-10-16(23)11-25-20)14(2)35(30,31)28-22-27-26-21(15-8-9-34-12-15)29(22)19-17(32-3)6-5-7-18(19)33-4/h5-7,10-11,13-15H,8-9,12H2,1-4H3,(H,27,28)/t13-,14-,15+/m0/s1. The van der Waals surface area contributed by atoms with E-state index in [1.54, 1.807) is 36.6 Å². The number of nitrogens with zero attached hydrogens (tertiary/aromatic N) is 5. The highest BCUT2D eigenvalue weighted by atomic mass is 35.5. The van der Waals surface area contributed by atoms with Crippen molar-refractivity contribution in [2.24, 2.45) is 0 Å². The van der Waals surface area contributed by atoms with Crippen molar-refractivity contribution in [3.63, 3.8) is 0 Å². The van der Waals surface area contributed by atoms with E-state index in [0.717, 1.165) is 6.42 Å². The van der Waals surface area contributed by atoms with Crippen LogP contribution in [0.2, 0.25) is 5.02 Å². The quantitative estimate of drug-likeness (QED) is 0.450. The Morgan fingerprint density at radius 2 is 1.80 bits per heavy atom. The van der Waals surface area contributed by atoms with Crippen molar-refractivity contribution in [1.29, 1.82) is 0 Å². The van der Waals surface area contributed by atoms with Crippen molar-refractivity contribution in [1.82, 2.24) is 24.7 Å². The van der Waals surface area contributed by atoms with Gasteiger partial charge in [0.05, 0.1) is 31.1 Å². The van der Waals surface area contributed by atoms with Crippen molar-refractivity contribution in [3.05, 3.63) is 47.3 Å². The molecule has 0 unspecified atom stereocenters. The maximum atomic E-state index is 13.4. The largest absolute Gasteiger partial charge is 0.494 e. The Bertz CT molecular complexity index is 1260. The molecule has 1 saturated heterocycles. The average Bonchev–Trinajstić information content (AvgIpc) is 3.52. The molecular formula is C22H27ClN6O5S. The van der Waals surface area contributed by atoms with Gasteiger partial charge in [0.25, 0.3) is 0 Å². The summed E-state index contributed by atoms with van der Waals surface area (Å²) in [5, 5.41) is 8.02. The molecule has 0 amide bonds. The van der Waals surface area contributed by atoms with Crippen LogP contribution < -0.4 is 14.2 Å². The zero-order valence-corrected chi connectivity index (χ0v) is 21.4. The summed E-state index contributed by atoms with van der Waals surface area (Å²) < 4.78 is 47.8. The molecule has 0 saturated carbocycles. The molecule has 13 heteroatoms. The van der Waals surface area contributed by atoms with Crippen LogP contribution in [0.3, 0.4) is 0 Å². The fourth-order valence-electron chi connectivity index (χ4n) is 3.89. The maximum absolute atomic E-state index is 13.4. The Labute approximate surface area is 208 Å². The lowest BCUT2D eigenvalue weighted by atomic mass is 10.1. The van der Waals surface area contributed by atoms with Crippen molar-refractivity contribution in [3.8, 4) is 17.2 Å². The Balaban J connectivity index is 1.76. The predicted molar refractivity (Wildman–Crippen MR) is 130 cm³/mol. The van der Waals surface area contributed by atoms with Gasteiger partial charge in [-0.2, -0.15) is 0 Å². The monoisotopic (exact) mass is 522 g/mol. The molecule has 1 aliphatic heterocycles. The van der Waals surface area contributed by atoms with E-state index in [0.29, 0.717) is 47.1 Å². The Morgan fingerprint density at radius 3 is 2.37 bits per heavy atom. The summed E-state index contributed by atoms with van der Waals surface area (Å²) >= 11 is 5.87. The van der Waals surface area contributed by atoms with Crippen LogP contribution in [0.15, 0.2) is 30.6 Å². The number of aromatic nitrogens is 5. The number of nitrogens with one attached hydrogen (secondary N) is 1. The fourth-order valence-corrected chi connectivity index (χ4v) is 5.22. The van der Waals surface area contributed by atoms with Gasteiger partial charge in [0.15, 0.2) is 0 Å². The fraction of sp³-hybridized carbons (Fsp3) is 0.455. The van der Waals surface area contributed by atoms with Gasteiger partial charge in [0.2, 0.25) is 16.0 Å². The minimum Gasteiger partial charge on any atom is -0.494 e. The smallest absolute Gasteiger partial charge is 0.243 e. The first-order valence-corrected chi connectivity index (χ1v) is 12.9. The van der Waals surface area contributed by atoms with Gasteiger partial charge in [0.1, 0.15) is 28.8 Å². The lowest BCUT2D eigenvalue weighted by Crippen LogP contribution is -2.31. The minimum absolute atomic E-state index is 0.0192. The molecule has 1 fully saturated rings. The molecule has 2 aromatic heterocycles. The lowest BCUT2D eigenvalue weighted by molar-refractivity contribution is 0.193. The number of ether oxygens (including phenoxy) is 3. The number of para-hydroxylation sites is 1. The Kier molecular flexibility index (Phi) is 7.43. The molecule has 3 aromatic rings. The van der Waals surface area contributed by atoms with Crippen LogP contribution in [0.5, 0.6) is 11.5 Å². The normalized spacial score (nSPS) is 17.7. The topological polar surface area (TPSA) is 130 Å². The van der Waals surface area contributed by atoms with Gasteiger partial charge in [-0.3, -0.25) is 9.29 Å². The van der Waals surface area contributed by atoms with Crippen molar-refractivity contribution in [2.75, 3.05) is 32.2 Å². The summed E-state index contributed by atoms with van der Waals surface area (Å²) in [6, 6.07) is 5.30. The van der Waals surface area contributed by atoms with Crippen LogP contribution in [0.1, 0.15) is 43.8 Å². The van der Waals surface area contributed by atoms with Crippen LogP contribution in [0.25, 0.3) is 5.69 Å². The van der Waals surface area contributed by atoms with Crippen LogP contribution in [0.4, 0.5) is 5.95 Å². The van der Waals surface area contributed by atoms with E-state index in [1.807, 2.05) is 0 Å². The van der Waals surface area contributed by atoms with Crippen LogP contribution in [-0.4, -0.2) is 65.8 Å². The van der Waals surface area contributed by atoms with Gasteiger partial charge < -0.3 is 14.2 Å². The summed E-state index contributed by atoms with van der Waals surface area (Å²) in [6.07, 6.45) is 3.60. The second-order valence-electron chi connectivity index (χ2n) is 8.19. The second kappa shape index (κ2) is 10.3. The summed E-state index contributed by atoms with van der Waals surface area (Å²) in [6.45, 7) is 4.35. The first-order valence-electron chi connectivity index (χ1n) is 11.0. The van der Waals surface area contributed by atoms with E-state index >= 15 is 0 Å². The molecule has 1 aliphatic rings. The van der Waals surface area contributed by atoms with Gasteiger partial charge in [-0.25, -0.2) is 18.4 Å². The van der Waals surface area contributed by atoms with Crippen molar-refractivity contribution >= 4 is 27.6 Å². The molecule has 188 valence electrons. The molecule has 0 spiro atoms. The third-order valence-corrected chi connectivity index (χ3v) is 8.13. The maximum Gasteiger partial charge on any atom is 0.243 e. The van der Waals surface area contributed by atoms with Gasteiger partial charge in [-0.1, -0.05) is 24.6 Å². The van der Waals surface area contributed by atoms with Gasteiger partial charge in [0, 0.05) is 30.8 Å². The highest BCUT2D eigenvalue weighted by Crippen LogP contribution is 2.38. The number of halogens is 1. The molecule has 0 radical (unpaired) electrons. The summed E-state index contributed by atoms with van der Waals surface area (Å²) in [5.74, 6) is 1.28. The van der Waals surface area contributed by atoms with E-state index in [4.69, 9.17) is 25.8 Å². The molecule has 0 bridgehead atoms. The highest BCUT2D eigenvalue weighted by Gasteiger charge is 2.34. The molecule has 4 rings (SSSR count). The van der Waals surface area contributed by atoms with E-state index in [1.165, 1.54) is 26.6 Å². The van der Waals surface area contributed by atoms with Crippen molar-refractivity contribution < 1.29 is 22.6 Å². The molecular weight excluding hydrogens is 496 g/mol. The zero-order valence-electron chi connectivity index (χ0n) is 19.8. The van der Waals surface area contributed by atoms with Gasteiger partial charge in [-0.15, -0.1) is 10.2 Å². The van der Waals surface area contributed by atoms with E-state index < -0.39 is 21.2 Å². The molecule has 0 aliphatic carbocycles. The third-order valence-electron chi connectivity index (χ3n) is 6.08. The number of sulfonamides is 1. The van der Waals surface area contributed by atoms with Gasteiger partial charge in [-0.05, 0) is 25.5 Å². The van der Waals surface area contributed by atoms with E-state index in [9.17, 15) is 8.42 Å². The molecule has 3 heterocycles. The molecule has 1 N–H and O–H groups in total. The first-order chi connectivity index (χ1) is 16.8. The van der Waals surface area contributed by atoms with Gasteiger partial charge >= 0.3 is 0 Å². The molecule has 35 heavy (non-hydrogen) atoms. The van der Waals surface area contributed by atoms with Crippen molar-refractivity contribution in [2.45, 2.75) is 37.4 Å². The zero-order chi connectivity index (χ0) is 25.2. The Morgan fingerprint density at radius 1 is 1.14 bits per heavy atom. The SMILES string of the molecule is COc1cccc(OC)c1-n1c(NS(=O)(=O)[C@@H](C)[C@H](C)c2ncc(Cl)cn2)nnc1[C@@H]1CCOC1. The third kappa shape index (κ3) is 5.04. The summed E-state index contributed by atoms with van der Waals surface area (Å²) in [5.41, 5.74) is 0.490. The number of methoxy groups -OCH3 is 2. The number of anilines is 1. The van der Waals surface area contributed by atoms with Crippen LogP contribution >= 0.6 is 11.6 Å². The Hall–Kier alpha value is -2.96. The van der Waals surface area contributed by atoms with Crippen LogP contribution in [-0.2, 0) is 14.8 Å². The lowest BCUT2D eigenvalue weighted by Gasteiger charge is -2.22. The summed E-state index contributed by atoms with van der Waals surface area (Å²) in [7, 11) is -0.893. The number of rotatable bonds is 9. The van der Waals surface area contributed by atoms with E-state index in [-0.39, 0.29) is 11.9 Å². The molecule has 3 atom stereocenters.